The number of rotatable bonds is 6. The summed E-state index contributed by atoms with van der Waals surface area (Å²) in [6.45, 7) is 0.577. The summed E-state index contributed by atoms with van der Waals surface area (Å²) in [5, 5.41) is 11.2. The first-order valence-electron chi connectivity index (χ1n) is 7.76. The van der Waals surface area contributed by atoms with Crippen LogP contribution in [0.25, 0.3) is 5.65 Å². The van der Waals surface area contributed by atoms with Crippen molar-refractivity contribution in [3.63, 3.8) is 0 Å². The summed E-state index contributed by atoms with van der Waals surface area (Å²) in [5.74, 6) is 0.879. The second-order valence-electron chi connectivity index (χ2n) is 5.86. The third-order valence-corrected chi connectivity index (χ3v) is 5.48. The third-order valence-electron chi connectivity index (χ3n) is 3.94. The lowest BCUT2D eigenvalue weighted by Gasteiger charge is -2.10. The van der Waals surface area contributed by atoms with E-state index < -0.39 is 10.0 Å². The molecule has 1 aromatic carbocycles. The van der Waals surface area contributed by atoms with Gasteiger partial charge in [0.05, 0.1) is 4.90 Å². The maximum atomic E-state index is 12.1. The molecule has 7 nitrogen and oxygen atoms in total. The zero-order chi connectivity index (χ0) is 16.6. The number of nitrogens with one attached hydrogen (secondary N) is 2. The maximum absolute atomic E-state index is 12.1. The molecule has 0 aliphatic heterocycles. The molecule has 1 saturated carbocycles. The molecule has 8 heteroatoms. The van der Waals surface area contributed by atoms with Gasteiger partial charge in [0.15, 0.2) is 5.65 Å². The molecule has 2 N–H and O–H groups in total. The Morgan fingerprint density at radius 1 is 1.12 bits per heavy atom. The Morgan fingerprint density at radius 3 is 2.67 bits per heavy atom. The summed E-state index contributed by atoms with van der Waals surface area (Å²) < 4.78 is 28.8. The van der Waals surface area contributed by atoms with Gasteiger partial charge in [-0.1, -0.05) is 18.2 Å². The Hall–Kier alpha value is -2.45. The van der Waals surface area contributed by atoms with Gasteiger partial charge in [0, 0.05) is 12.6 Å². The van der Waals surface area contributed by atoms with E-state index in [1.165, 1.54) is 0 Å². The predicted molar refractivity (Wildman–Crippen MR) is 90.1 cm³/mol. The quantitative estimate of drug-likeness (QED) is 0.712. The standard InChI is InChI=1S/C16H17N5O2S/c22-24(23,20-13-6-7-13)14-8-4-12(5-9-14)10-17-15-2-1-3-16-19-18-11-21(15)16/h1-5,8-9,11,13,17,20H,6-7,10H2. The van der Waals surface area contributed by atoms with Crippen LogP contribution in [0.2, 0.25) is 0 Å². The van der Waals surface area contributed by atoms with Crippen molar-refractivity contribution >= 4 is 21.5 Å². The van der Waals surface area contributed by atoms with Crippen LogP contribution >= 0.6 is 0 Å². The van der Waals surface area contributed by atoms with Gasteiger partial charge in [-0.15, -0.1) is 10.2 Å². The lowest BCUT2D eigenvalue weighted by molar-refractivity contribution is 0.581. The van der Waals surface area contributed by atoms with Gasteiger partial charge in [0.2, 0.25) is 10.0 Å². The monoisotopic (exact) mass is 343 g/mol. The molecule has 0 amide bonds. The average Bonchev–Trinajstić information content (AvgIpc) is 3.24. The van der Waals surface area contributed by atoms with Crippen molar-refractivity contribution in [2.45, 2.75) is 30.3 Å². The number of nitrogens with zero attached hydrogens (tertiary/aromatic N) is 3. The van der Waals surface area contributed by atoms with Crippen molar-refractivity contribution in [3.05, 3.63) is 54.4 Å². The highest BCUT2D eigenvalue weighted by molar-refractivity contribution is 7.89. The summed E-state index contributed by atoms with van der Waals surface area (Å²) >= 11 is 0. The number of hydrogen-bond acceptors (Lipinski definition) is 5. The maximum Gasteiger partial charge on any atom is 0.240 e. The van der Waals surface area contributed by atoms with E-state index in [4.69, 9.17) is 0 Å². The fourth-order valence-electron chi connectivity index (χ4n) is 2.46. The van der Waals surface area contributed by atoms with Crippen LogP contribution in [0.1, 0.15) is 18.4 Å². The summed E-state index contributed by atoms with van der Waals surface area (Å²) in [4.78, 5) is 0.305. The molecular weight excluding hydrogens is 326 g/mol. The van der Waals surface area contributed by atoms with E-state index in [0.29, 0.717) is 11.4 Å². The molecule has 0 radical (unpaired) electrons. The molecule has 0 saturated heterocycles. The Balaban J connectivity index is 1.46. The molecule has 1 aliphatic rings. The van der Waals surface area contributed by atoms with Crippen LogP contribution in [-0.2, 0) is 16.6 Å². The van der Waals surface area contributed by atoms with Gasteiger partial charge in [0.1, 0.15) is 12.1 Å². The van der Waals surface area contributed by atoms with Crippen LogP contribution in [0.3, 0.4) is 0 Å². The molecule has 0 atom stereocenters. The number of fused-ring (bicyclic) bond motifs is 1. The predicted octanol–water partition coefficient (Wildman–Crippen LogP) is 1.78. The van der Waals surface area contributed by atoms with E-state index in [2.05, 4.69) is 20.2 Å². The van der Waals surface area contributed by atoms with Crippen LogP contribution in [0.4, 0.5) is 5.82 Å². The number of sulfonamides is 1. The smallest absolute Gasteiger partial charge is 0.240 e. The number of hydrogen-bond donors (Lipinski definition) is 2. The normalized spacial score (nSPS) is 14.8. The van der Waals surface area contributed by atoms with Crippen LogP contribution in [0.15, 0.2) is 53.7 Å². The van der Waals surface area contributed by atoms with E-state index >= 15 is 0 Å². The Labute approximate surface area is 139 Å². The van der Waals surface area contributed by atoms with Gasteiger partial charge >= 0.3 is 0 Å². The Kier molecular flexibility index (Phi) is 3.70. The third kappa shape index (κ3) is 3.10. The fraction of sp³-hybridized carbons (Fsp3) is 0.250. The average molecular weight is 343 g/mol. The summed E-state index contributed by atoms with van der Waals surface area (Å²) in [5.41, 5.74) is 1.76. The van der Waals surface area contributed by atoms with Crippen molar-refractivity contribution in [1.82, 2.24) is 19.3 Å². The molecule has 2 aromatic heterocycles. The first-order valence-corrected chi connectivity index (χ1v) is 9.24. The minimum atomic E-state index is -3.39. The fourth-order valence-corrected chi connectivity index (χ4v) is 3.77. The lowest BCUT2D eigenvalue weighted by Crippen LogP contribution is -2.25. The minimum Gasteiger partial charge on any atom is -0.367 e. The minimum absolute atomic E-state index is 0.112. The van der Waals surface area contributed by atoms with E-state index in [-0.39, 0.29) is 6.04 Å². The van der Waals surface area contributed by atoms with Gasteiger partial charge in [-0.3, -0.25) is 4.40 Å². The molecule has 4 rings (SSSR count). The number of aromatic nitrogens is 3. The molecule has 24 heavy (non-hydrogen) atoms. The van der Waals surface area contributed by atoms with Gasteiger partial charge < -0.3 is 5.32 Å². The summed E-state index contributed by atoms with van der Waals surface area (Å²) in [7, 11) is -3.39. The lowest BCUT2D eigenvalue weighted by atomic mass is 10.2. The number of pyridine rings is 1. The SMILES string of the molecule is O=S(=O)(NC1CC1)c1ccc(CNc2cccc3nncn23)cc1. The zero-order valence-electron chi connectivity index (χ0n) is 12.9. The summed E-state index contributed by atoms with van der Waals surface area (Å²) in [6.07, 6.45) is 3.50. The molecule has 1 fully saturated rings. The van der Waals surface area contributed by atoms with Gasteiger partial charge in [-0.05, 0) is 42.7 Å². The van der Waals surface area contributed by atoms with E-state index in [9.17, 15) is 8.42 Å². The second-order valence-corrected chi connectivity index (χ2v) is 7.58. The van der Waals surface area contributed by atoms with Crippen molar-refractivity contribution < 1.29 is 8.42 Å². The topological polar surface area (TPSA) is 88.4 Å². The van der Waals surface area contributed by atoms with Crippen LogP contribution in [0.5, 0.6) is 0 Å². The Bertz CT molecular complexity index is 962. The van der Waals surface area contributed by atoms with E-state index in [1.807, 2.05) is 34.7 Å². The molecule has 0 unspecified atom stereocenters. The molecule has 2 heterocycles. The van der Waals surface area contributed by atoms with Crippen LogP contribution < -0.4 is 10.0 Å². The molecule has 3 aromatic rings. The van der Waals surface area contributed by atoms with Gasteiger partial charge in [-0.25, -0.2) is 13.1 Å². The van der Waals surface area contributed by atoms with Crippen LogP contribution in [-0.4, -0.2) is 29.1 Å². The van der Waals surface area contributed by atoms with Crippen molar-refractivity contribution in [2.75, 3.05) is 5.32 Å². The first kappa shape index (κ1) is 15.1. The Morgan fingerprint density at radius 2 is 1.92 bits per heavy atom. The highest BCUT2D eigenvalue weighted by Gasteiger charge is 2.27. The van der Waals surface area contributed by atoms with Crippen LogP contribution in [0, 0.1) is 0 Å². The molecule has 124 valence electrons. The van der Waals surface area contributed by atoms with Gasteiger partial charge in [-0.2, -0.15) is 0 Å². The molecule has 0 bridgehead atoms. The highest BCUT2D eigenvalue weighted by Crippen LogP contribution is 2.22. The number of benzene rings is 1. The van der Waals surface area contributed by atoms with Crippen molar-refractivity contribution in [3.8, 4) is 0 Å². The first-order chi connectivity index (χ1) is 11.6. The summed E-state index contributed by atoms with van der Waals surface area (Å²) in [6, 6.07) is 12.8. The number of anilines is 1. The van der Waals surface area contributed by atoms with E-state index in [0.717, 1.165) is 29.9 Å². The second kappa shape index (κ2) is 5.88. The largest absolute Gasteiger partial charge is 0.367 e. The van der Waals surface area contributed by atoms with Gasteiger partial charge in [0.25, 0.3) is 0 Å². The highest BCUT2D eigenvalue weighted by atomic mass is 32.2. The zero-order valence-corrected chi connectivity index (χ0v) is 13.7. The molecular formula is C16H17N5O2S. The molecule has 1 aliphatic carbocycles. The van der Waals surface area contributed by atoms with Crippen molar-refractivity contribution in [1.29, 1.82) is 0 Å². The van der Waals surface area contributed by atoms with E-state index in [1.54, 1.807) is 18.5 Å². The van der Waals surface area contributed by atoms with Crippen molar-refractivity contribution in [2.24, 2.45) is 0 Å². The molecule has 0 spiro atoms.